The normalized spacial score (nSPS) is 23.1. The summed E-state index contributed by atoms with van der Waals surface area (Å²) in [4.78, 5) is 0. The zero-order valence-electron chi connectivity index (χ0n) is 9.37. The highest BCUT2D eigenvalue weighted by atomic mass is 19.1. The van der Waals surface area contributed by atoms with Crippen LogP contribution in [0.15, 0.2) is 18.2 Å². The number of hydrogen-bond donors (Lipinski definition) is 2. The summed E-state index contributed by atoms with van der Waals surface area (Å²) in [5.41, 5.74) is 7.70. The third kappa shape index (κ3) is 2.40. The molecule has 3 N–H and O–H groups in total. The lowest BCUT2D eigenvalue weighted by atomic mass is 9.98. The highest BCUT2D eigenvalue weighted by Crippen LogP contribution is 2.18. The van der Waals surface area contributed by atoms with Crippen LogP contribution in [0.2, 0.25) is 0 Å². The van der Waals surface area contributed by atoms with Crippen molar-refractivity contribution in [3.63, 3.8) is 0 Å². The number of nitrogens with one attached hydrogen (secondary N) is 1. The predicted molar refractivity (Wildman–Crippen MR) is 60.7 cm³/mol. The number of nitrogens with two attached hydrogens (primary N) is 1. The van der Waals surface area contributed by atoms with E-state index in [9.17, 15) is 4.39 Å². The summed E-state index contributed by atoms with van der Waals surface area (Å²) >= 11 is 0. The van der Waals surface area contributed by atoms with E-state index < -0.39 is 0 Å². The van der Waals surface area contributed by atoms with Gasteiger partial charge in [-0.25, -0.2) is 4.39 Å². The molecule has 0 radical (unpaired) electrons. The van der Waals surface area contributed by atoms with E-state index in [0.717, 1.165) is 18.7 Å². The van der Waals surface area contributed by atoms with Crippen molar-refractivity contribution in [1.82, 2.24) is 5.32 Å². The Bertz CT molecular complexity index is 364. The van der Waals surface area contributed by atoms with Crippen LogP contribution in [-0.4, -0.2) is 25.8 Å². The molecule has 2 rings (SSSR count). The SMILES string of the molecule is Cc1cc(C(N)C2COCCN2)ccc1F. The highest BCUT2D eigenvalue weighted by Gasteiger charge is 2.22. The minimum atomic E-state index is -0.191. The molecule has 1 saturated heterocycles. The summed E-state index contributed by atoms with van der Waals surface area (Å²) in [5.74, 6) is -0.191. The Hall–Kier alpha value is -0.970. The topological polar surface area (TPSA) is 47.3 Å². The molecule has 1 aromatic carbocycles. The first kappa shape index (κ1) is 11.5. The van der Waals surface area contributed by atoms with Crippen molar-refractivity contribution in [3.8, 4) is 0 Å². The third-order valence-corrected chi connectivity index (χ3v) is 2.95. The summed E-state index contributed by atoms with van der Waals surface area (Å²) in [6.07, 6.45) is 0. The molecule has 1 heterocycles. The Morgan fingerprint density at radius 3 is 3.00 bits per heavy atom. The molecule has 88 valence electrons. The first-order valence-corrected chi connectivity index (χ1v) is 5.51. The summed E-state index contributed by atoms with van der Waals surface area (Å²) in [6.45, 7) is 3.90. The van der Waals surface area contributed by atoms with Crippen molar-refractivity contribution < 1.29 is 9.13 Å². The maximum absolute atomic E-state index is 13.1. The van der Waals surface area contributed by atoms with Crippen molar-refractivity contribution in [2.24, 2.45) is 5.73 Å². The van der Waals surface area contributed by atoms with Crippen molar-refractivity contribution in [3.05, 3.63) is 35.1 Å². The standard InChI is InChI=1S/C12H17FN2O/c1-8-6-9(2-3-10(8)13)12(14)11-7-16-5-4-15-11/h2-3,6,11-12,15H,4-5,7,14H2,1H3. The molecule has 1 aliphatic heterocycles. The maximum Gasteiger partial charge on any atom is 0.126 e. The number of benzene rings is 1. The largest absolute Gasteiger partial charge is 0.378 e. The van der Waals surface area contributed by atoms with Crippen LogP contribution in [0, 0.1) is 12.7 Å². The smallest absolute Gasteiger partial charge is 0.126 e. The summed E-state index contributed by atoms with van der Waals surface area (Å²) in [5, 5.41) is 3.31. The van der Waals surface area contributed by atoms with Gasteiger partial charge in [0.15, 0.2) is 0 Å². The minimum Gasteiger partial charge on any atom is -0.378 e. The van der Waals surface area contributed by atoms with E-state index in [4.69, 9.17) is 10.5 Å². The van der Waals surface area contributed by atoms with Crippen LogP contribution < -0.4 is 11.1 Å². The van der Waals surface area contributed by atoms with Crippen LogP contribution in [0.25, 0.3) is 0 Å². The quantitative estimate of drug-likeness (QED) is 0.791. The molecule has 1 aromatic rings. The average Bonchev–Trinajstić information content (AvgIpc) is 2.33. The van der Waals surface area contributed by atoms with Crippen molar-refractivity contribution in [2.45, 2.75) is 19.0 Å². The molecule has 0 bridgehead atoms. The van der Waals surface area contributed by atoms with Crippen molar-refractivity contribution >= 4 is 0 Å². The maximum atomic E-state index is 13.1. The van der Waals surface area contributed by atoms with E-state index in [1.54, 1.807) is 19.1 Å². The zero-order valence-corrected chi connectivity index (χ0v) is 9.37. The van der Waals surface area contributed by atoms with Crippen LogP contribution >= 0.6 is 0 Å². The van der Waals surface area contributed by atoms with Gasteiger partial charge in [-0.15, -0.1) is 0 Å². The molecule has 0 aromatic heterocycles. The van der Waals surface area contributed by atoms with Gasteiger partial charge in [-0.2, -0.15) is 0 Å². The zero-order chi connectivity index (χ0) is 11.5. The van der Waals surface area contributed by atoms with Crippen LogP contribution in [-0.2, 0) is 4.74 Å². The monoisotopic (exact) mass is 224 g/mol. The summed E-state index contributed by atoms with van der Waals surface area (Å²) in [7, 11) is 0. The van der Waals surface area contributed by atoms with Gasteiger partial charge >= 0.3 is 0 Å². The molecular weight excluding hydrogens is 207 g/mol. The number of halogens is 1. The first-order chi connectivity index (χ1) is 7.68. The van der Waals surface area contributed by atoms with E-state index >= 15 is 0 Å². The van der Waals surface area contributed by atoms with Gasteiger partial charge in [0.1, 0.15) is 5.82 Å². The van der Waals surface area contributed by atoms with Gasteiger partial charge in [0, 0.05) is 18.6 Å². The highest BCUT2D eigenvalue weighted by molar-refractivity contribution is 5.27. The second-order valence-electron chi connectivity index (χ2n) is 4.17. The lowest BCUT2D eigenvalue weighted by Crippen LogP contribution is -2.47. The molecule has 1 aliphatic rings. The Kier molecular flexibility index (Phi) is 3.53. The second-order valence-corrected chi connectivity index (χ2v) is 4.17. The Morgan fingerprint density at radius 1 is 1.56 bits per heavy atom. The minimum absolute atomic E-state index is 0.110. The molecule has 2 unspecified atom stereocenters. The van der Waals surface area contributed by atoms with Gasteiger partial charge < -0.3 is 15.8 Å². The molecule has 0 spiro atoms. The Morgan fingerprint density at radius 2 is 2.38 bits per heavy atom. The van der Waals surface area contributed by atoms with Gasteiger partial charge in [-0.3, -0.25) is 0 Å². The summed E-state index contributed by atoms with van der Waals surface area (Å²) < 4.78 is 18.5. The lowest BCUT2D eigenvalue weighted by molar-refractivity contribution is 0.0685. The molecule has 0 aliphatic carbocycles. The number of morpholine rings is 1. The fraction of sp³-hybridized carbons (Fsp3) is 0.500. The lowest BCUT2D eigenvalue weighted by Gasteiger charge is -2.29. The molecule has 0 saturated carbocycles. The van der Waals surface area contributed by atoms with Crippen molar-refractivity contribution in [1.29, 1.82) is 0 Å². The van der Waals surface area contributed by atoms with Crippen LogP contribution in [0.1, 0.15) is 17.2 Å². The van der Waals surface area contributed by atoms with E-state index in [1.807, 2.05) is 0 Å². The van der Waals surface area contributed by atoms with Gasteiger partial charge in [0.05, 0.1) is 13.2 Å². The van der Waals surface area contributed by atoms with Crippen LogP contribution in [0.3, 0.4) is 0 Å². The average molecular weight is 224 g/mol. The van der Waals surface area contributed by atoms with Gasteiger partial charge in [-0.1, -0.05) is 12.1 Å². The Labute approximate surface area is 94.8 Å². The van der Waals surface area contributed by atoms with E-state index in [1.165, 1.54) is 6.07 Å². The molecule has 4 heteroatoms. The van der Waals surface area contributed by atoms with Gasteiger partial charge in [0.25, 0.3) is 0 Å². The number of hydrogen-bond acceptors (Lipinski definition) is 3. The molecular formula is C12H17FN2O. The van der Waals surface area contributed by atoms with Crippen molar-refractivity contribution in [2.75, 3.05) is 19.8 Å². The predicted octanol–water partition coefficient (Wildman–Crippen LogP) is 1.12. The summed E-state index contributed by atoms with van der Waals surface area (Å²) in [6, 6.07) is 4.96. The fourth-order valence-electron chi connectivity index (χ4n) is 1.92. The third-order valence-electron chi connectivity index (χ3n) is 2.95. The van der Waals surface area contributed by atoms with E-state index in [-0.39, 0.29) is 17.9 Å². The molecule has 0 amide bonds. The number of aryl methyl sites for hydroxylation is 1. The van der Waals surface area contributed by atoms with Gasteiger partial charge in [0.2, 0.25) is 0 Å². The number of ether oxygens (including phenoxy) is 1. The van der Waals surface area contributed by atoms with Gasteiger partial charge in [-0.05, 0) is 24.1 Å². The fourth-order valence-corrected chi connectivity index (χ4v) is 1.92. The molecule has 1 fully saturated rings. The van der Waals surface area contributed by atoms with E-state index in [0.29, 0.717) is 12.2 Å². The second kappa shape index (κ2) is 4.91. The molecule has 2 atom stereocenters. The first-order valence-electron chi connectivity index (χ1n) is 5.51. The van der Waals surface area contributed by atoms with E-state index in [2.05, 4.69) is 5.32 Å². The molecule has 16 heavy (non-hydrogen) atoms. The molecule has 3 nitrogen and oxygen atoms in total. The van der Waals surface area contributed by atoms with Crippen LogP contribution in [0.5, 0.6) is 0 Å². The van der Waals surface area contributed by atoms with Crippen LogP contribution in [0.4, 0.5) is 4.39 Å². The Balaban J connectivity index is 2.12. The number of rotatable bonds is 2.